The lowest BCUT2D eigenvalue weighted by molar-refractivity contribution is 0.0697. The predicted octanol–water partition coefficient (Wildman–Crippen LogP) is 5.70. The van der Waals surface area contributed by atoms with Gasteiger partial charge in [-0.2, -0.15) is 0 Å². The van der Waals surface area contributed by atoms with E-state index in [0.717, 1.165) is 45.0 Å². The second-order valence-corrected chi connectivity index (χ2v) is 8.02. The third-order valence-corrected chi connectivity index (χ3v) is 5.40. The number of hydrogen-bond acceptors (Lipinski definition) is 4. The van der Waals surface area contributed by atoms with E-state index in [1.807, 2.05) is 72.8 Å². The lowest BCUT2D eigenvalue weighted by atomic mass is 10.1. The van der Waals surface area contributed by atoms with Crippen LogP contribution in [0.1, 0.15) is 32.6 Å². The molecule has 1 N–H and O–H groups in total. The topological polar surface area (TPSA) is 76.0 Å². The molecule has 5 rings (SSSR count). The fraction of sp³-hybridized carbons (Fsp3) is 0. The molecule has 0 aliphatic carbocycles. The van der Waals surface area contributed by atoms with Gasteiger partial charge in [0.2, 0.25) is 0 Å². The van der Waals surface area contributed by atoms with E-state index in [1.165, 1.54) is 0 Å². The number of carboxylic acid groups (broad SMARTS) is 1. The summed E-state index contributed by atoms with van der Waals surface area (Å²) in [5.74, 6) is 11.6. The molecule has 3 aromatic heterocycles. The van der Waals surface area contributed by atoms with Crippen molar-refractivity contribution >= 4 is 5.97 Å². The van der Waals surface area contributed by atoms with Crippen LogP contribution in [0.25, 0.3) is 22.8 Å². The summed E-state index contributed by atoms with van der Waals surface area (Å²) in [4.78, 5) is 24.6. The number of carbonyl (C=O) groups is 1. The summed E-state index contributed by atoms with van der Waals surface area (Å²) in [5.41, 5.74) is 6.49. The van der Waals surface area contributed by atoms with Crippen LogP contribution in [-0.4, -0.2) is 26.0 Å². The fourth-order valence-corrected chi connectivity index (χ4v) is 3.52. The van der Waals surface area contributed by atoms with Gasteiger partial charge in [-0.1, -0.05) is 35.8 Å². The summed E-state index contributed by atoms with van der Waals surface area (Å²) < 4.78 is 0. The number of benzene rings is 2. The normalized spacial score (nSPS) is 9.95. The van der Waals surface area contributed by atoms with Crippen LogP contribution in [-0.2, 0) is 0 Å². The number of nitrogens with zero attached hydrogens (tertiary/aromatic N) is 3. The van der Waals surface area contributed by atoms with E-state index in [4.69, 9.17) is 10.1 Å². The van der Waals surface area contributed by atoms with Crippen LogP contribution in [0, 0.1) is 23.7 Å². The molecule has 0 amide bonds. The van der Waals surface area contributed by atoms with Gasteiger partial charge in [-0.3, -0.25) is 9.97 Å². The number of rotatable bonds is 3. The van der Waals surface area contributed by atoms with E-state index in [-0.39, 0.29) is 5.56 Å². The van der Waals surface area contributed by atoms with E-state index in [0.29, 0.717) is 0 Å². The molecular formula is C32H19N3O2. The largest absolute Gasteiger partial charge is 0.478 e. The van der Waals surface area contributed by atoms with Crippen molar-refractivity contribution < 1.29 is 9.90 Å². The first kappa shape index (κ1) is 23.2. The second-order valence-electron chi connectivity index (χ2n) is 8.02. The highest BCUT2D eigenvalue weighted by atomic mass is 16.4. The van der Waals surface area contributed by atoms with Crippen LogP contribution >= 0.6 is 0 Å². The van der Waals surface area contributed by atoms with Crippen molar-refractivity contribution in [3.63, 3.8) is 0 Å². The van der Waals surface area contributed by atoms with Crippen LogP contribution < -0.4 is 0 Å². The molecule has 0 atom stereocenters. The van der Waals surface area contributed by atoms with Gasteiger partial charge < -0.3 is 5.11 Å². The summed E-state index contributed by atoms with van der Waals surface area (Å²) in [6, 6.07) is 29.4. The standard InChI is InChI=1S/C32H19N3O2/c36-32(37)27-17-15-25(16-18-27)12-11-23-7-9-24(10-8-23)13-14-26-21-30(28-5-1-3-19-33-28)35-31(22-26)29-6-2-4-20-34-29/h1-10,15-22H,(H,36,37). The van der Waals surface area contributed by atoms with Gasteiger partial charge in [0.25, 0.3) is 0 Å². The maximum Gasteiger partial charge on any atom is 0.335 e. The molecule has 2 aromatic carbocycles. The molecule has 5 aromatic rings. The van der Waals surface area contributed by atoms with Gasteiger partial charge in [0.15, 0.2) is 0 Å². The third kappa shape index (κ3) is 5.95. The SMILES string of the molecule is O=C(O)c1ccc(C#Cc2ccc(C#Cc3cc(-c4ccccn4)nc(-c4ccccn4)c3)cc2)cc1. The van der Waals surface area contributed by atoms with Crippen molar-refractivity contribution in [1.29, 1.82) is 0 Å². The van der Waals surface area contributed by atoms with Crippen LogP contribution in [0.4, 0.5) is 0 Å². The molecular weight excluding hydrogens is 458 g/mol. The van der Waals surface area contributed by atoms with Crippen molar-refractivity contribution in [3.05, 3.63) is 137 Å². The fourth-order valence-electron chi connectivity index (χ4n) is 3.52. The molecule has 0 radical (unpaired) electrons. The number of hydrogen-bond donors (Lipinski definition) is 1. The van der Waals surface area contributed by atoms with Gasteiger partial charge >= 0.3 is 5.97 Å². The van der Waals surface area contributed by atoms with Gasteiger partial charge in [-0.05, 0) is 84.9 Å². The Kier molecular flexibility index (Phi) is 6.79. The maximum absolute atomic E-state index is 11.0. The molecule has 37 heavy (non-hydrogen) atoms. The summed E-state index contributed by atoms with van der Waals surface area (Å²) in [7, 11) is 0. The molecule has 0 unspecified atom stereocenters. The first-order valence-corrected chi connectivity index (χ1v) is 11.5. The summed E-state index contributed by atoms with van der Waals surface area (Å²) in [6.07, 6.45) is 3.48. The Morgan fingerprint density at radius 1 is 0.541 bits per heavy atom. The summed E-state index contributed by atoms with van der Waals surface area (Å²) in [5, 5.41) is 9.00. The van der Waals surface area contributed by atoms with Crippen molar-refractivity contribution in [3.8, 4) is 46.5 Å². The van der Waals surface area contributed by atoms with Crippen molar-refractivity contribution in [2.75, 3.05) is 0 Å². The maximum atomic E-state index is 11.0. The minimum Gasteiger partial charge on any atom is -0.478 e. The Morgan fingerprint density at radius 3 is 1.38 bits per heavy atom. The molecule has 0 saturated carbocycles. The molecule has 0 fully saturated rings. The molecule has 0 bridgehead atoms. The lowest BCUT2D eigenvalue weighted by Crippen LogP contribution is -1.94. The average Bonchev–Trinajstić information content (AvgIpc) is 2.96. The third-order valence-electron chi connectivity index (χ3n) is 5.40. The van der Waals surface area contributed by atoms with Crippen LogP contribution in [0.2, 0.25) is 0 Å². The first-order chi connectivity index (χ1) is 18.1. The summed E-state index contributed by atoms with van der Waals surface area (Å²) in [6.45, 7) is 0. The zero-order valence-electron chi connectivity index (χ0n) is 19.6. The number of aromatic carboxylic acids is 1. The molecule has 0 aliphatic rings. The highest BCUT2D eigenvalue weighted by Gasteiger charge is 2.08. The van der Waals surface area contributed by atoms with E-state index >= 15 is 0 Å². The molecule has 5 heteroatoms. The van der Waals surface area contributed by atoms with E-state index < -0.39 is 5.97 Å². The highest BCUT2D eigenvalue weighted by molar-refractivity contribution is 5.87. The molecule has 0 spiro atoms. The van der Waals surface area contributed by atoms with Crippen LogP contribution in [0.15, 0.2) is 109 Å². The molecule has 5 nitrogen and oxygen atoms in total. The lowest BCUT2D eigenvalue weighted by Gasteiger charge is -2.05. The van der Waals surface area contributed by atoms with Crippen molar-refractivity contribution in [2.24, 2.45) is 0 Å². The Bertz CT molecular complexity index is 1620. The van der Waals surface area contributed by atoms with Gasteiger partial charge in [0, 0.05) is 34.6 Å². The van der Waals surface area contributed by atoms with Gasteiger partial charge in [0.05, 0.1) is 28.3 Å². The second kappa shape index (κ2) is 10.8. The minimum atomic E-state index is -0.955. The van der Waals surface area contributed by atoms with Crippen molar-refractivity contribution in [1.82, 2.24) is 15.0 Å². The highest BCUT2D eigenvalue weighted by Crippen LogP contribution is 2.22. The van der Waals surface area contributed by atoms with Gasteiger partial charge in [-0.25, -0.2) is 9.78 Å². The Balaban J connectivity index is 1.40. The Morgan fingerprint density at radius 2 is 0.973 bits per heavy atom. The van der Waals surface area contributed by atoms with E-state index in [2.05, 4.69) is 33.6 Å². The molecule has 174 valence electrons. The van der Waals surface area contributed by atoms with E-state index in [1.54, 1.807) is 36.7 Å². The zero-order valence-corrected chi connectivity index (χ0v) is 19.6. The van der Waals surface area contributed by atoms with Crippen LogP contribution in [0.5, 0.6) is 0 Å². The summed E-state index contributed by atoms with van der Waals surface area (Å²) >= 11 is 0. The van der Waals surface area contributed by atoms with Gasteiger partial charge in [-0.15, -0.1) is 0 Å². The Hall–Kier alpha value is -5.52. The van der Waals surface area contributed by atoms with Crippen LogP contribution in [0.3, 0.4) is 0 Å². The molecule has 0 aliphatic heterocycles. The predicted molar refractivity (Wildman–Crippen MR) is 143 cm³/mol. The quantitative estimate of drug-likeness (QED) is 0.337. The average molecular weight is 478 g/mol. The molecule has 3 heterocycles. The van der Waals surface area contributed by atoms with Gasteiger partial charge in [0.1, 0.15) is 0 Å². The monoisotopic (exact) mass is 477 g/mol. The van der Waals surface area contributed by atoms with Crippen molar-refractivity contribution in [2.45, 2.75) is 0 Å². The Labute approximate surface area is 214 Å². The number of pyridine rings is 3. The zero-order chi connectivity index (χ0) is 25.5. The first-order valence-electron chi connectivity index (χ1n) is 11.5. The molecule has 0 saturated heterocycles. The number of carboxylic acids is 1. The smallest absolute Gasteiger partial charge is 0.335 e. The number of aromatic nitrogens is 3. The van der Waals surface area contributed by atoms with E-state index in [9.17, 15) is 4.79 Å². The minimum absolute atomic E-state index is 0.238.